The molecule has 466 valence electrons. The highest BCUT2D eigenvalue weighted by atomic mass is 32.2. The molecule has 0 saturated heterocycles. The second-order valence-corrected chi connectivity index (χ2v) is 20.7. The highest BCUT2D eigenvalue weighted by molar-refractivity contribution is 7.98. The molecule has 0 aliphatic rings. The van der Waals surface area contributed by atoms with Gasteiger partial charge in [0.15, 0.2) is 0 Å². The van der Waals surface area contributed by atoms with Gasteiger partial charge in [-0.25, -0.2) is 9.78 Å². The molecule has 30 nitrogen and oxygen atoms in total. The molecule has 19 N–H and O–H groups in total. The number of nitrogens with two attached hydrogens (primary N) is 1. The smallest absolute Gasteiger partial charge is 0.326 e. The highest BCUT2D eigenvalue weighted by Crippen LogP contribution is 2.15. The Morgan fingerprint density at radius 2 is 0.930 bits per heavy atom. The van der Waals surface area contributed by atoms with E-state index in [4.69, 9.17) is 5.73 Å². The molecule has 3 aromatic carbocycles. The molecule has 0 saturated carbocycles. The Bertz CT molecular complexity index is 2940. The van der Waals surface area contributed by atoms with E-state index in [0.29, 0.717) is 16.8 Å². The number of hydrogen-bond donors (Lipinski definition) is 18. The van der Waals surface area contributed by atoms with Crippen molar-refractivity contribution in [3.8, 4) is 11.5 Å². The van der Waals surface area contributed by atoms with Crippen LogP contribution in [0.5, 0.6) is 11.5 Å². The van der Waals surface area contributed by atoms with Gasteiger partial charge in [0.25, 0.3) is 0 Å². The number of amides is 9. The molecular weight excluding hydrogens is 1150 g/mol. The quantitative estimate of drug-likeness (QED) is 0.0206. The molecule has 1 aromatic heterocycles. The molecule has 9 amide bonds. The number of aliphatic hydroxyl groups is 3. The van der Waals surface area contributed by atoms with Crippen LogP contribution in [0.15, 0.2) is 91.4 Å². The Morgan fingerprint density at radius 3 is 1.37 bits per heavy atom. The molecule has 0 spiro atoms. The average Bonchev–Trinajstić information content (AvgIpc) is 4.10. The van der Waals surface area contributed by atoms with Crippen LogP contribution < -0.4 is 53.6 Å². The second kappa shape index (κ2) is 34.6. The first-order chi connectivity index (χ1) is 40.8. The lowest BCUT2D eigenvalue weighted by Crippen LogP contribution is -2.63. The maximum atomic E-state index is 14.3. The van der Waals surface area contributed by atoms with Crippen molar-refractivity contribution in [3.05, 3.63) is 114 Å². The monoisotopic (exact) mass is 1220 g/mol. The van der Waals surface area contributed by atoms with Gasteiger partial charge in [0, 0.05) is 37.6 Å². The third kappa shape index (κ3) is 22.8. The molecule has 0 radical (unpaired) electrons. The molecule has 1 heterocycles. The van der Waals surface area contributed by atoms with E-state index in [9.17, 15) is 88.5 Å². The Hall–Kier alpha value is -9.17. The number of phenols is 2. The minimum Gasteiger partial charge on any atom is -0.508 e. The van der Waals surface area contributed by atoms with Crippen molar-refractivity contribution in [2.24, 2.45) is 5.73 Å². The fourth-order valence-corrected chi connectivity index (χ4v) is 8.77. The summed E-state index contributed by atoms with van der Waals surface area (Å²) in [5.74, 6) is -13.0. The van der Waals surface area contributed by atoms with Crippen LogP contribution in [-0.4, -0.2) is 203 Å². The Balaban J connectivity index is 1.57. The predicted molar refractivity (Wildman–Crippen MR) is 306 cm³/mol. The number of aliphatic carboxylic acids is 2. The molecular formula is C55H72N12O18S. The van der Waals surface area contributed by atoms with E-state index in [0.717, 1.165) is 13.8 Å². The largest absolute Gasteiger partial charge is 0.508 e. The van der Waals surface area contributed by atoms with Crippen LogP contribution in [0.3, 0.4) is 0 Å². The van der Waals surface area contributed by atoms with Crippen LogP contribution in [0.1, 0.15) is 49.1 Å². The van der Waals surface area contributed by atoms with E-state index in [1.54, 1.807) is 36.6 Å². The number of aliphatic hydroxyl groups excluding tert-OH is 3. The first-order valence-corrected chi connectivity index (χ1v) is 28.1. The topological polar surface area (TPSA) is 492 Å². The first kappa shape index (κ1) is 69.3. The Labute approximate surface area is 496 Å². The van der Waals surface area contributed by atoms with E-state index in [1.807, 2.05) is 0 Å². The van der Waals surface area contributed by atoms with Crippen LogP contribution >= 0.6 is 11.8 Å². The lowest BCUT2D eigenvalue weighted by atomic mass is 10.0. The number of nitrogens with one attached hydrogen (secondary N) is 10. The van der Waals surface area contributed by atoms with Crippen LogP contribution in [0.25, 0.3) is 0 Å². The van der Waals surface area contributed by atoms with Crippen molar-refractivity contribution >= 4 is 76.9 Å². The van der Waals surface area contributed by atoms with Gasteiger partial charge in [0.1, 0.15) is 65.9 Å². The fraction of sp³-hybridized carbons (Fsp3) is 0.418. The minimum atomic E-state index is -2.09. The summed E-state index contributed by atoms with van der Waals surface area (Å²) in [6.45, 7) is 0.588. The molecule has 31 heteroatoms. The normalized spacial score (nSPS) is 14.9. The van der Waals surface area contributed by atoms with E-state index in [2.05, 4.69) is 57.8 Å². The van der Waals surface area contributed by atoms with Gasteiger partial charge < -0.3 is 94.3 Å². The number of aromatic amines is 1. The lowest BCUT2D eigenvalue weighted by Gasteiger charge is -2.29. The number of phenolic OH excluding ortho intramolecular Hbond substituents is 2. The second-order valence-electron chi connectivity index (χ2n) is 19.8. The number of hydrogen-bond acceptors (Lipinski definition) is 19. The van der Waals surface area contributed by atoms with Crippen LogP contribution in [0.2, 0.25) is 0 Å². The average molecular weight is 1220 g/mol. The van der Waals surface area contributed by atoms with E-state index < -0.39 is 158 Å². The van der Waals surface area contributed by atoms with E-state index >= 15 is 0 Å². The predicted octanol–water partition coefficient (Wildman–Crippen LogP) is -4.52. The van der Waals surface area contributed by atoms with Gasteiger partial charge >= 0.3 is 11.9 Å². The number of carbonyl (C=O) groups excluding carboxylic acids is 9. The van der Waals surface area contributed by atoms with Crippen molar-refractivity contribution in [2.75, 3.05) is 25.2 Å². The third-order valence-corrected chi connectivity index (χ3v) is 13.6. The summed E-state index contributed by atoms with van der Waals surface area (Å²) in [7, 11) is 0. The summed E-state index contributed by atoms with van der Waals surface area (Å²) < 4.78 is 0. The number of rotatable bonds is 35. The molecule has 0 bridgehead atoms. The summed E-state index contributed by atoms with van der Waals surface area (Å²) >= 11 is 1.29. The number of carbonyl (C=O) groups is 11. The lowest BCUT2D eigenvalue weighted by molar-refractivity contribution is -0.143. The molecule has 0 fully saturated rings. The minimum absolute atomic E-state index is 0.0426. The number of nitrogens with zero attached hydrogens (tertiary/aromatic N) is 1. The molecule has 86 heavy (non-hydrogen) atoms. The zero-order valence-electron chi connectivity index (χ0n) is 46.9. The van der Waals surface area contributed by atoms with Gasteiger partial charge in [-0.15, -0.1) is 0 Å². The summed E-state index contributed by atoms with van der Waals surface area (Å²) in [5, 5.41) is 92.6. The van der Waals surface area contributed by atoms with E-state index in [1.165, 1.54) is 72.8 Å². The highest BCUT2D eigenvalue weighted by Gasteiger charge is 2.38. The maximum Gasteiger partial charge on any atom is 0.326 e. The number of aromatic nitrogens is 2. The molecule has 4 rings (SSSR count). The summed E-state index contributed by atoms with van der Waals surface area (Å²) in [6.07, 6.45) is -1.44. The number of thioether (sulfide) groups is 1. The number of benzene rings is 3. The number of aromatic hydroxyl groups is 2. The number of carboxylic acid groups (broad SMARTS) is 2. The number of H-pyrrole nitrogens is 1. The number of imidazole rings is 1. The van der Waals surface area contributed by atoms with Crippen LogP contribution in [-0.2, 0) is 78.4 Å². The summed E-state index contributed by atoms with van der Waals surface area (Å²) in [6, 6.07) is 3.40. The van der Waals surface area contributed by atoms with Gasteiger partial charge in [0.05, 0.1) is 38.1 Å². The molecule has 4 aromatic rings. The fourth-order valence-electron chi connectivity index (χ4n) is 8.30. The summed E-state index contributed by atoms with van der Waals surface area (Å²) in [4.78, 5) is 155. The summed E-state index contributed by atoms with van der Waals surface area (Å²) in [5.41, 5.74) is 7.02. The first-order valence-electron chi connectivity index (χ1n) is 26.7. The molecule has 0 aliphatic heterocycles. The standard InChI is InChI=1S/C55H72N12O18S/c1-28(69)45(66-50(79)37(59-43(73)24-56)20-31-9-13-34(71)14-10-31)53(82)62-39(19-30-7-5-4-6-8-30)51(80)67-46(29(2)70)54(83)63-40(23-44(74)75)49(78)61-38(21-32-11-15-35(72)16-12-32)48(77)65-42(26-68)52(81)60-36(17-18-86-3)47(76)64-41(55(84)85)22-33-25-57-27-58-33/h4-16,25,27-29,36-42,45-46,68-72H,17-24,26,56H2,1-3H3,(H,57,58)(H,59,73)(H,60,81)(H,61,78)(H,62,82)(H,63,83)(H,64,76)(H,65,77)(H,66,79)(H,67,80)(H,74,75)(H,84,85)/t28-,29-,36+,37+,38+,39+,40+,41+,42+,45+,46+/m1/s1. The number of carboxylic acids is 2. The Kier molecular flexibility index (Phi) is 27.9. The molecule has 0 aliphatic carbocycles. The van der Waals surface area contributed by atoms with Gasteiger partial charge in [-0.05, 0) is 73.2 Å². The van der Waals surface area contributed by atoms with Crippen molar-refractivity contribution < 1.29 is 88.5 Å². The van der Waals surface area contributed by atoms with Gasteiger partial charge in [0.2, 0.25) is 53.2 Å². The van der Waals surface area contributed by atoms with Crippen molar-refractivity contribution in [1.29, 1.82) is 0 Å². The molecule has 0 unspecified atom stereocenters. The van der Waals surface area contributed by atoms with Crippen molar-refractivity contribution in [1.82, 2.24) is 57.8 Å². The van der Waals surface area contributed by atoms with Gasteiger partial charge in [-0.1, -0.05) is 54.6 Å². The van der Waals surface area contributed by atoms with Crippen LogP contribution in [0.4, 0.5) is 0 Å². The van der Waals surface area contributed by atoms with Gasteiger partial charge in [-0.2, -0.15) is 11.8 Å². The molecule has 11 atom stereocenters. The van der Waals surface area contributed by atoms with Crippen LogP contribution in [0, 0.1) is 0 Å². The van der Waals surface area contributed by atoms with Crippen molar-refractivity contribution in [2.45, 2.75) is 119 Å². The third-order valence-electron chi connectivity index (χ3n) is 12.9. The Morgan fingerprint density at radius 1 is 0.523 bits per heavy atom. The van der Waals surface area contributed by atoms with E-state index in [-0.39, 0.29) is 48.5 Å². The van der Waals surface area contributed by atoms with Crippen molar-refractivity contribution in [3.63, 3.8) is 0 Å². The maximum absolute atomic E-state index is 14.3. The zero-order chi connectivity index (χ0) is 63.6. The SMILES string of the molecule is CSCC[C@H](NC(=O)[C@H](CO)NC(=O)[C@H](Cc1ccc(O)cc1)NC(=O)[C@H](CC(=O)O)NC(=O)[C@@H](NC(=O)[C@H](Cc1ccccc1)NC(=O)[C@@H](NC(=O)[C@H](Cc1ccc(O)cc1)NC(=O)CN)[C@@H](C)O)[C@@H](C)O)C(=O)N[C@@H](Cc1cnc[nH]1)C(=O)O. The zero-order valence-corrected chi connectivity index (χ0v) is 47.7. The van der Waals surface area contributed by atoms with Gasteiger partial charge in [-0.3, -0.25) is 47.9 Å².